The molecule has 1 aromatic rings. The maximum absolute atomic E-state index is 6.16. The fourth-order valence-electron chi connectivity index (χ4n) is 1.18. The van der Waals surface area contributed by atoms with E-state index in [1.165, 1.54) is 5.56 Å². The number of nitrogens with one attached hydrogen (secondary N) is 1. The molecule has 0 spiro atoms. The number of rotatable bonds is 4. The van der Waals surface area contributed by atoms with Crippen molar-refractivity contribution in [1.29, 1.82) is 0 Å². The average molecular weight is 252 g/mol. The van der Waals surface area contributed by atoms with Crippen LogP contribution < -0.4 is 5.32 Å². The number of hydrogen-bond acceptors (Lipinski definition) is 3. The van der Waals surface area contributed by atoms with Gasteiger partial charge in [0.15, 0.2) is 8.32 Å². The van der Waals surface area contributed by atoms with Crippen LogP contribution in [-0.2, 0) is 11.0 Å². The second-order valence-electron chi connectivity index (χ2n) is 5.85. The Hall–Kier alpha value is -0.873. The molecule has 0 aliphatic carbocycles. The fraction of sp³-hybridized carbons (Fsp3) is 0.615. The van der Waals surface area contributed by atoms with Crippen molar-refractivity contribution in [1.82, 2.24) is 4.98 Å². The van der Waals surface area contributed by atoms with Gasteiger partial charge < -0.3 is 9.74 Å². The lowest BCUT2D eigenvalue weighted by Gasteiger charge is -2.36. The van der Waals surface area contributed by atoms with Crippen LogP contribution in [0.1, 0.15) is 26.3 Å². The molecule has 0 atom stereocenters. The molecule has 17 heavy (non-hydrogen) atoms. The lowest BCUT2D eigenvalue weighted by Crippen LogP contribution is -2.40. The standard InChI is InChI=1S/C13H24N2OSi/c1-13(2,3)17(5,6)16-10-11-7-8-15-12(9-11)14-4/h7-9H,10H2,1-6H3,(H,14,15). The second-order valence-corrected chi connectivity index (χ2v) is 10.7. The van der Waals surface area contributed by atoms with Crippen LogP contribution in [-0.4, -0.2) is 20.3 Å². The number of pyridine rings is 1. The van der Waals surface area contributed by atoms with Crippen molar-refractivity contribution in [3.05, 3.63) is 23.9 Å². The highest BCUT2D eigenvalue weighted by molar-refractivity contribution is 6.74. The Morgan fingerprint density at radius 2 is 2.00 bits per heavy atom. The van der Waals surface area contributed by atoms with Crippen LogP contribution in [0.3, 0.4) is 0 Å². The quantitative estimate of drug-likeness (QED) is 0.831. The molecule has 0 aliphatic rings. The molecule has 1 aromatic heterocycles. The van der Waals surface area contributed by atoms with Crippen LogP contribution in [0.25, 0.3) is 0 Å². The Balaban J connectivity index is 2.67. The van der Waals surface area contributed by atoms with Gasteiger partial charge in [-0.05, 0) is 35.8 Å². The molecule has 3 nitrogen and oxygen atoms in total. The topological polar surface area (TPSA) is 34.1 Å². The van der Waals surface area contributed by atoms with Crippen LogP contribution in [0.5, 0.6) is 0 Å². The summed E-state index contributed by atoms with van der Waals surface area (Å²) in [6, 6.07) is 4.04. The summed E-state index contributed by atoms with van der Waals surface area (Å²) >= 11 is 0. The van der Waals surface area contributed by atoms with Crippen LogP contribution in [0.2, 0.25) is 18.1 Å². The van der Waals surface area contributed by atoms with Gasteiger partial charge >= 0.3 is 0 Å². The average Bonchev–Trinajstić information content (AvgIpc) is 2.25. The summed E-state index contributed by atoms with van der Waals surface area (Å²) in [5, 5.41) is 3.30. The second kappa shape index (κ2) is 5.19. The van der Waals surface area contributed by atoms with E-state index in [1.54, 1.807) is 0 Å². The van der Waals surface area contributed by atoms with E-state index in [1.807, 2.05) is 25.4 Å². The third kappa shape index (κ3) is 3.82. The molecule has 1 rings (SSSR count). The summed E-state index contributed by atoms with van der Waals surface area (Å²) in [6.07, 6.45) is 1.82. The highest BCUT2D eigenvalue weighted by atomic mass is 28.4. The van der Waals surface area contributed by atoms with E-state index >= 15 is 0 Å². The summed E-state index contributed by atoms with van der Waals surface area (Å²) in [7, 11) is 0.220. The van der Waals surface area contributed by atoms with Gasteiger partial charge in [0.2, 0.25) is 0 Å². The van der Waals surface area contributed by atoms with Crippen molar-refractivity contribution in [2.24, 2.45) is 0 Å². The van der Waals surface area contributed by atoms with Crippen molar-refractivity contribution in [3.8, 4) is 0 Å². The predicted octanol–water partition coefficient (Wildman–Crippen LogP) is 3.65. The van der Waals surface area contributed by atoms with E-state index < -0.39 is 8.32 Å². The van der Waals surface area contributed by atoms with E-state index in [-0.39, 0.29) is 5.04 Å². The molecule has 0 saturated carbocycles. The van der Waals surface area contributed by atoms with Crippen LogP contribution >= 0.6 is 0 Å². The first-order valence-electron chi connectivity index (χ1n) is 6.03. The molecule has 0 saturated heterocycles. The third-order valence-corrected chi connectivity index (χ3v) is 7.96. The molecule has 1 heterocycles. The summed E-state index contributed by atoms with van der Waals surface area (Å²) in [5.74, 6) is 0.890. The summed E-state index contributed by atoms with van der Waals surface area (Å²) in [4.78, 5) is 4.20. The van der Waals surface area contributed by atoms with Gasteiger partial charge in [-0.25, -0.2) is 4.98 Å². The molecule has 0 fully saturated rings. The van der Waals surface area contributed by atoms with E-state index in [2.05, 4.69) is 44.2 Å². The van der Waals surface area contributed by atoms with E-state index in [9.17, 15) is 0 Å². The zero-order valence-electron chi connectivity index (χ0n) is 11.8. The lowest BCUT2D eigenvalue weighted by atomic mass is 10.2. The Bertz CT molecular complexity index is 372. The maximum atomic E-state index is 6.16. The van der Waals surface area contributed by atoms with Gasteiger partial charge in [0.05, 0.1) is 6.61 Å². The van der Waals surface area contributed by atoms with E-state index in [0.717, 1.165) is 5.82 Å². The third-order valence-electron chi connectivity index (χ3n) is 3.49. The summed E-state index contributed by atoms with van der Waals surface area (Å²) in [6.45, 7) is 12.0. The Kier molecular flexibility index (Phi) is 4.33. The van der Waals surface area contributed by atoms with Gasteiger partial charge in [-0.2, -0.15) is 0 Å². The maximum Gasteiger partial charge on any atom is 0.192 e. The minimum atomic E-state index is -1.66. The van der Waals surface area contributed by atoms with Crippen molar-refractivity contribution < 1.29 is 4.43 Å². The van der Waals surface area contributed by atoms with E-state index in [4.69, 9.17) is 4.43 Å². The predicted molar refractivity (Wildman–Crippen MR) is 75.8 cm³/mol. The zero-order valence-corrected chi connectivity index (χ0v) is 12.8. The molecular weight excluding hydrogens is 228 g/mol. The molecule has 96 valence electrons. The molecule has 0 unspecified atom stereocenters. The smallest absolute Gasteiger partial charge is 0.192 e. The SMILES string of the molecule is CNc1cc(CO[Si](C)(C)C(C)(C)C)ccn1. The monoisotopic (exact) mass is 252 g/mol. The highest BCUT2D eigenvalue weighted by Crippen LogP contribution is 2.37. The van der Waals surface area contributed by atoms with Crippen molar-refractivity contribution >= 4 is 14.1 Å². The van der Waals surface area contributed by atoms with Crippen LogP contribution in [0.15, 0.2) is 18.3 Å². The fourth-order valence-corrected chi connectivity index (χ4v) is 2.14. The van der Waals surface area contributed by atoms with Crippen LogP contribution in [0, 0.1) is 0 Å². The van der Waals surface area contributed by atoms with Crippen molar-refractivity contribution in [2.45, 2.75) is 45.5 Å². The van der Waals surface area contributed by atoms with Gasteiger partial charge in [-0.15, -0.1) is 0 Å². The number of nitrogens with zero attached hydrogens (tertiary/aromatic N) is 1. The number of hydrogen-bond donors (Lipinski definition) is 1. The van der Waals surface area contributed by atoms with Gasteiger partial charge in [0.1, 0.15) is 5.82 Å². The van der Waals surface area contributed by atoms with Gasteiger partial charge in [0, 0.05) is 13.2 Å². The largest absolute Gasteiger partial charge is 0.413 e. The Morgan fingerprint density at radius 3 is 2.53 bits per heavy atom. The van der Waals surface area contributed by atoms with Crippen molar-refractivity contribution in [3.63, 3.8) is 0 Å². The molecule has 0 radical (unpaired) electrons. The first kappa shape index (κ1) is 14.2. The molecule has 0 bridgehead atoms. The molecule has 0 aliphatic heterocycles. The van der Waals surface area contributed by atoms with Gasteiger partial charge in [0.25, 0.3) is 0 Å². The normalized spacial score (nSPS) is 12.6. The number of aromatic nitrogens is 1. The first-order chi connectivity index (χ1) is 7.76. The van der Waals surface area contributed by atoms with Crippen LogP contribution in [0.4, 0.5) is 5.82 Å². The lowest BCUT2D eigenvalue weighted by molar-refractivity contribution is 0.276. The Labute approximate surface area is 106 Å². The van der Waals surface area contributed by atoms with Gasteiger partial charge in [-0.1, -0.05) is 20.8 Å². The summed E-state index contributed by atoms with van der Waals surface area (Å²) in [5.41, 5.74) is 1.18. The summed E-state index contributed by atoms with van der Waals surface area (Å²) < 4.78 is 6.16. The molecule has 0 aromatic carbocycles. The number of anilines is 1. The molecule has 4 heteroatoms. The highest BCUT2D eigenvalue weighted by Gasteiger charge is 2.36. The van der Waals surface area contributed by atoms with Crippen molar-refractivity contribution in [2.75, 3.05) is 12.4 Å². The molecule has 1 N–H and O–H groups in total. The van der Waals surface area contributed by atoms with Gasteiger partial charge in [-0.3, -0.25) is 0 Å². The minimum absolute atomic E-state index is 0.256. The first-order valence-corrected chi connectivity index (χ1v) is 8.94. The van der Waals surface area contributed by atoms with E-state index in [0.29, 0.717) is 6.61 Å². The molecular formula is C13H24N2OSi. The Morgan fingerprint density at radius 1 is 1.35 bits per heavy atom. The zero-order chi connectivity index (χ0) is 13.1. The minimum Gasteiger partial charge on any atom is -0.413 e. The molecule has 0 amide bonds.